The van der Waals surface area contributed by atoms with E-state index in [-0.39, 0.29) is 6.10 Å². The molecule has 20 heavy (non-hydrogen) atoms. The van der Waals surface area contributed by atoms with Crippen LogP contribution in [-0.2, 0) is 6.54 Å². The third-order valence-corrected chi connectivity index (χ3v) is 3.97. The van der Waals surface area contributed by atoms with Gasteiger partial charge in [-0.2, -0.15) is 5.10 Å². The van der Waals surface area contributed by atoms with Crippen molar-refractivity contribution in [1.29, 1.82) is 0 Å². The van der Waals surface area contributed by atoms with Crippen molar-refractivity contribution in [3.8, 4) is 5.69 Å². The van der Waals surface area contributed by atoms with Crippen LogP contribution >= 0.6 is 0 Å². The lowest BCUT2D eigenvalue weighted by atomic mass is 9.93. The molecule has 4 heteroatoms. The molecule has 0 aliphatic heterocycles. The molecule has 0 atom stereocenters. The molecule has 0 bridgehead atoms. The third-order valence-electron chi connectivity index (χ3n) is 3.97. The van der Waals surface area contributed by atoms with E-state index in [1.54, 1.807) is 6.20 Å². The fraction of sp³-hybridized carbons (Fsp3) is 0.438. The lowest BCUT2D eigenvalue weighted by molar-refractivity contribution is 0.116. The number of aliphatic hydroxyl groups is 1. The molecule has 106 valence electrons. The van der Waals surface area contributed by atoms with E-state index in [0.717, 1.165) is 37.9 Å². The molecule has 0 amide bonds. The summed E-state index contributed by atoms with van der Waals surface area (Å²) in [5, 5.41) is 17.4. The van der Waals surface area contributed by atoms with Crippen molar-refractivity contribution in [3.63, 3.8) is 0 Å². The molecule has 4 nitrogen and oxygen atoms in total. The molecule has 1 aromatic carbocycles. The number of nitrogens with one attached hydrogen (secondary N) is 1. The molecule has 2 N–H and O–H groups in total. The zero-order chi connectivity index (χ0) is 13.8. The minimum absolute atomic E-state index is 0.0869. The van der Waals surface area contributed by atoms with Crippen molar-refractivity contribution in [2.45, 2.75) is 44.4 Å². The fourth-order valence-corrected chi connectivity index (χ4v) is 2.77. The largest absolute Gasteiger partial charge is 0.393 e. The fourth-order valence-electron chi connectivity index (χ4n) is 2.77. The topological polar surface area (TPSA) is 50.1 Å². The van der Waals surface area contributed by atoms with Gasteiger partial charge >= 0.3 is 0 Å². The Morgan fingerprint density at radius 3 is 2.80 bits per heavy atom. The summed E-state index contributed by atoms with van der Waals surface area (Å²) in [7, 11) is 0. The molecule has 1 aliphatic rings. The number of hydrogen-bond acceptors (Lipinski definition) is 3. The molecular formula is C16H21N3O. The number of aliphatic hydroxyl groups excluding tert-OH is 1. The second-order valence-electron chi connectivity index (χ2n) is 5.51. The molecule has 0 saturated heterocycles. The summed E-state index contributed by atoms with van der Waals surface area (Å²) < 4.78 is 1.88. The molecule has 1 fully saturated rings. The first-order valence-electron chi connectivity index (χ1n) is 7.32. The Hall–Kier alpha value is -1.65. The smallest absolute Gasteiger partial charge is 0.0648 e. The average molecular weight is 271 g/mol. The van der Waals surface area contributed by atoms with E-state index in [1.807, 2.05) is 16.9 Å². The van der Waals surface area contributed by atoms with Crippen LogP contribution in [0, 0.1) is 0 Å². The van der Waals surface area contributed by atoms with Gasteiger partial charge in [0.15, 0.2) is 0 Å². The Morgan fingerprint density at radius 2 is 2.05 bits per heavy atom. The van der Waals surface area contributed by atoms with Crippen LogP contribution in [0.2, 0.25) is 0 Å². The molecule has 0 unspecified atom stereocenters. The quantitative estimate of drug-likeness (QED) is 0.897. The van der Waals surface area contributed by atoms with E-state index >= 15 is 0 Å². The van der Waals surface area contributed by atoms with Crippen LogP contribution < -0.4 is 5.32 Å². The minimum Gasteiger partial charge on any atom is -0.393 e. The van der Waals surface area contributed by atoms with Crippen LogP contribution in [0.3, 0.4) is 0 Å². The van der Waals surface area contributed by atoms with Crippen LogP contribution in [0.15, 0.2) is 42.7 Å². The van der Waals surface area contributed by atoms with E-state index < -0.39 is 0 Å². The van der Waals surface area contributed by atoms with Crippen LogP contribution in [0.5, 0.6) is 0 Å². The van der Waals surface area contributed by atoms with Gasteiger partial charge in [0, 0.05) is 25.0 Å². The maximum absolute atomic E-state index is 9.52. The first kappa shape index (κ1) is 13.3. The number of hydrogen-bond donors (Lipinski definition) is 2. The van der Waals surface area contributed by atoms with Crippen LogP contribution in [0.4, 0.5) is 0 Å². The second kappa shape index (κ2) is 6.20. The molecule has 1 heterocycles. The Labute approximate surface area is 119 Å². The van der Waals surface area contributed by atoms with Crippen molar-refractivity contribution >= 4 is 0 Å². The van der Waals surface area contributed by atoms with Gasteiger partial charge < -0.3 is 10.4 Å². The molecular weight excluding hydrogens is 250 g/mol. The van der Waals surface area contributed by atoms with Crippen molar-refractivity contribution in [2.24, 2.45) is 0 Å². The molecule has 1 aliphatic carbocycles. The average Bonchev–Trinajstić information content (AvgIpc) is 3.01. The van der Waals surface area contributed by atoms with Crippen LogP contribution in [0.1, 0.15) is 31.2 Å². The van der Waals surface area contributed by atoms with Gasteiger partial charge in [-0.1, -0.05) is 12.1 Å². The lowest BCUT2D eigenvalue weighted by Gasteiger charge is -2.26. The zero-order valence-corrected chi connectivity index (χ0v) is 11.6. The van der Waals surface area contributed by atoms with Gasteiger partial charge in [0.1, 0.15) is 0 Å². The van der Waals surface area contributed by atoms with Crippen LogP contribution in [0.25, 0.3) is 5.69 Å². The molecule has 1 aromatic heterocycles. The summed E-state index contributed by atoms with van der Waals surface area (Å²) >= 11 is 0. The normalized spacial score (nSPS) is 22.9. The molecule has 1 saturated carbocycles. The molecule has 0 radical (unpaired) electrons. The van der Waals surface area contributed by atoms with E-state index in [9.17, 15) is 5.11 Å². The van der Waals surface area contributed by atoms with E-state index in [1.165, 1.54) is 5.56 Å². The number of rotatable bonds is 4. The summed E-state index contributed by atoms with van der Waals surface area (Å²) in [6, 6.07) is 10.9. The summed E-state index contributed by atoms with van der Waals surface area (Å²) in [5.74, 6) is 0. The van der Waals surface area contributed by atoms with Gasteiger partial charge in [0.2, 0.25) is 0 Å². The van der Waals surface area contributed by atoms with Crippen molar-refractivity contribution in [1.82, 2.24) is 15.1 Å². The van der Waals surface area contributed by atoms with Crippen molar-refractivity contribution < 1.29 is 5.11 Å². The Morgan fingerprint density at radius 1 is 1.20 bits per heavy atom. The van der Waals surface area contributed by atoms with Gasteiger partial charge in [0.05, 0.1) is 11.8 Å². The summed E-state index contributed by atoms with van der Waals surface area (Å²) in [6.45, 7) is 0.871. The zero-order valence-electron chi connectivity index (χ0n) is 11.6. The SMILES string of the molecule is OC1CCC(NCc2cccc(-n3cccn3)c2)CC1. The molecule has 2 aromatic rings. The van der Waals surface area contributed by atoms with Gasteiger partial charge in [0.25, 0.3) is 0 Å². The summed E-state index contributed by atoms with van der Waals surface area (Å²) in [6.07, 6.45) is 7.64. The Bertz CT molecular complexity index is 530. The lowest BCUT2D eigenvalue weighted by Crippen LogP contribution is -2.34. The number of nitrogens with zero attached hydrogens (tertiary/aromatic N) is 2. The third kappa shape index (κ3) is 3.26. The predicted molar refractivity (Wildman–Crippen MR) is 78.7 cm³/mol. The highest BCUT2D eigenvalue weighted by Crippen LogP contribution is 2.19. The Balaban J connectivity index is 1.59. The first-order chi connectivity index (χ1) is 9.81. The predicted octanol–water partition coefficient (Wildman–Crippen LogP) is 2.27. The van der Waals surface area contributed by atoms with Crippen molar-refractivity contribution in [2.75, 3.05) is 0 Å². The highest BCUT2D eigenvalue weighted by Gasteiger charge is 2.18. The van der Waals surface area contributed by atoms with Crippen LogP contribution in [-0.4, -0.2) is 27.0 Å². The first-order valence-corrected chi connectivity index (χ1v) is 7.32. The summed E-state index contributed by atoms with van der Waals surface area (Å²) in [4.78, 5) is 0. The highest BCUT2D eigenvalue weighted by atomic mass is 16.3. The maximum atomic E-state index is 9.52. The number of benzene rings is 1. The monoisotopic (exact) mass is 271 g/mol. The molecule has 0 spiro atoms. The van der Waals surface area contributed by atoms with E-state index in [4.69, 9.17) is 0 Å². The van der Waals surface area contributed by atoms with Gasteiger partial charge in [-0.15, -0.1) is 0 Å². The maximum Gasteiger partial charge on any atom is 0.0648 e. The van der Waals surface area contributed by atoms with E-state index in [2.05, 4.69) is 34.7 Å². The standard InChI is InChI=1S/C16H21N3O/c20-16-7-5-14(6-8-16)17-12-13-3-1-4-15(11-13)19-10-2-9-18-19/h1-4,9-11,14,16-17,20H,5-8,12H2. The second-order valence-corrected chi connectivity index (χ2v) is 5.51. The number of aromatic nitrogens is 2. The Kier molecular flexibility index (Phi) is 4.14. The molecule has 3 rings (SSSR count). The van der Waals surface area contributed by atoms with Gasteiger partial charge in [-0.3, -0.25) is 0 Å². The summed E-state index contributed by atoms with van der Waals surface area (Å²) in [5.41, 5.74) is 2.36. The van der Waals surface area contributed by atoms with E-state index in [0.29, 0.717) is 6.04 Å². The minimum atomic E-state index is -0.0869. The van der Waals surface area contributed by atoms with Gasteiger partial charge in [-0.25, -0.2) is 4.68 Å². The van der Waals surface area contributed by atoms with Crippen molar-refractivity contribution in [3.05, 3.63) is 48.3 Å². The van der Waals surface area contributed by atoms with Gasteiger partial charge in [-0.05, 0) is 49.4 Å². The highest BCUT2D eigenvalue weighted by molar-refractivity contribution is 5.34.